The predicted molar refractivity (Wildman–Crippen MR) is 80.2 cm³/mol. The zero-order chi connectivity index (χ0) is 12.3. The fraction of sp³-hybridized carbons (Fsp3) is 0.667. The van der Waals surface area contributed by atoms with Crippen molar-refractivity contribution >= 4 is 30.7 Å². The van der Waals surface area contributed by atoms with Crippen molar-refractivity contribution in [1.29, 1.82) is 0 Å². The Hall–Kier alpha value is -0.780. The van der Waals surface area contributed by atoms with E-state index in [1.807, 2.05) is 19.9 Å². The molecule has 110 valence electrons. The first-order valence-corrected chi connectivity index (χ1v) is 6.16. The Morgan fingerprint density at radius 2 is 2.05 bits per heavy atom. The van der Waals surface area contributed by atoms with Crippen LogP contribution in [0.2, 0.25) is 0 Å². The van der Waals surface area contributed by atoms with Gasteiger partial charge in [0.05, 0.1) is 5.69 Å². The summed E-state index contributed by atoms with van der Waals surface area (Å²) in [6.45, 7) is 6.21. The van der Waals surface area contributed by atoms with Gasteiger partial charge in [-0.2, -0.15) is 5.10 Å². The highest BCUT2D eigenvalue weighted by Gasteiger charge is 2.16. The van der Waals surface area contributed by atoms with Crippen LogP contribution < -0.4 is 10.6 Å². The number of piperidine rings is 1. The molecule has 0 atom stereocenters. The summed E-state index contributed by atoms with van der Waals surface area (Å²) in [6, 6.07) is 2.30. The zero-order valence-electron chi connectivity index (χ0n) is 11.3. The molecule has 5 nitrogen and oxygen atoms in total. The molecule has 1 aromatic rings. The van der Waals surface area contributed by atoms with E-state index < -0.39 is 0 Å². The first-order chi connectivity index (χ1) is 8.15. The van der Waals surface area contributed by atoms with Crippen molar-refractivity contribution in [3.05, 3.63) is 17.5 Å². The molecule has 2 heterocycles. The van der Waals surface area contributed by atoms with Crippen molar-refractivity contribution in [2.24, 2.45) is 0 Å². The lowest BCUT2D eigenvalue weighted by Gasteiger charge is -2.23. The van der Waals surface area contributed by atoms with Crippen molar-refractivity contribution in [2.75, 3.05) is 13.1 Å². The quantitative estimate of drug-likeness (QED) is 0.882. The number of hydrogen-bond donors (Lipinski definition) is 2. The number of nitrogens with zero attached hydrogens (tertiary/aromatic N) is 2. The van der Waals surface area contributed by atoms with Gasteiger partial charge in [-0.1, -0.05) is 0 Å². The van der Waals surface area contributed by atoms with Gasteiger partial charge in [-0.25, -0.2) is 0 Å². The lowest BCUT2D eigenvalue weighted by molar-refractivity contribution is -0.122. The molecule has 1 amide bonds. The summed E-state index contributed by atoms with van der Waals surface area (Å²) in [7, 11) is 0. The molecule has 1 aliphatic heterocycles. The molecule has 0 aliphatic carbocycles. The van der Waals surface area contributed by atoms with Gasteiger partial charge in [-0.3, -0.25) is 9.48 Å². The first kappa shape index (κ1) is 18.2. The molecule has 0 radical (unpaired) electrons. The third-order valence-electron chi connectivity index (χ3n) is 3.10. The summed E-state index contributed by atoms with van der Waals surface area (Å²) in [5.74, 6) is 0.0584. The average molecular weight is 309 g/mol. The summed E-state index contributed by atoms with van der Waals surface area (Å²) in [4.78, 5) is 11.8. The number of rotatable bonds is 3. The Balaban J connectivity index is 0.00000162. The van der Waals surface area contributed by atoms with Gasteiger partial charge in [0.2, 0.25) is 5.91 Å². The number of amides is 1. The monoisotopic (exact) mass is 308 g/mol. The highest BCUT2D eigenvalue weighted by Crippen LogP contribution is 2.04. The molecule has 2 N–H and O–H groups in total. The zero-order valence-corrected chi connectivity index (χ0v) is 12.9. The normalized spacial score (nSPS) is 15.3. The fourth-order valence-corrected chi connectivity index (χ4v) is 2.21. The average Bonchev–Trinajstić information content (AvgIpc) is 2.58. The molecule has 1 saturated heterocycles. The molecule has 1 aromatic heterocycles. The second-order valence-corrected chi connectivity index (χ2v) is 4.68. The summed E-state index contributed by atoms with van der Waals surface area (Å²) >= 11 is 0. The number of aromatic nitrogens is 2. The topological polar surface area (TPSA) is 59.0 Å². The molecular weight excluding hydrogens is 287 g/mol. The van der Waals surface area contributed by atoms with Crippen LogP contribution >= 0.6 is 24.8 Å². The highest BCUT2D eigenvalue weighted by molar-refractivity contribution is 5.85. The Labute approximate surface area is 126 Å². The van der Waals surface area contributed by atoms with E-state index in [4.69, 9.17) is 0 Å². The number of nitrogens with one attached hydrogen (secondary N) is 2. The Kier molecular flexibility index (Phi) is 8.06. The standard InChI is InChI=1S/C12H20N4O.2ClH/c1-9-7-10(2)16(15-9)8-12(17)14-11-3-5-13-6-4-11;;/h7,11,13H,3-6,8H2,1-2H3,(H,14,17);2*1H. The molecule has 2 rings (SSSR count). The van der Waals surface area contributed by atoms with Crippen LogP contribution in [0.5, 0.6) is 0 Å². The Bertz CT molecular complexity index is 402. The minimum Gasteiger partial charge on any atom is -0.352 e. The number of aryl methyl sites for hydroxylation is 2. The maximum atomic E-state index is 11.8. The van der Waals surface area contributed by atoms with Crippen molar-refractivity contribution in [2.45, 2.75) is 39.3 Å². The van der Waals surface area contributed by atoms with E-state index in [0.717, 1.165) is 37.3 Å². The maximum absolute atomic E-state index is 11.8. The van der Waals surface area contributed by atoms with E-state index in [-0.39, 0.29) is 30.7 Å². The van der Waals surface area contributed by atoms with Crippen molar-refractivity contribution in [3.8, 4) is 0 Å². The first-order valence-electron chi connectivity index (χ1n) is 6.16. The minimum absolute atomic E-state index is 0. The number of carbonyl (C=O) groups excluding carboxylic acids is 1. The SMILES string of the molecule is Cc1cc(C)n(CC(=O)NC2CCNCC2)n1.Cl.Cl. The summed E-state index contributed by atoms with van der Waals surface area (Å²) in [6.07, 6.45) is 2.03. The van der Waals surface area contributed by atoms with Gasteiger partial charge in [0, 0.05) is 11.7 Å². The van der Waals surface area contributed by atoms with E-state index in [0.29, 0.717) is 12.6 Å². The van der Waals surface area contributed by atoms with E-state index in [1.54, 1.807) is 4.68 Å². The highest BCUT2D eigenvalue weighted by atomic mass is 35.5. The molecule has 0 unspecified atom stereocenters. The van der Waals surface area contributed by atoms with E-state index in [2.05, 4.69) is 15.7 Å². The molecular formula is C12H22Cl2N4O. The van der Waals surface area contributed by atoms with Crippen LogP contribution in [0.3, 0.4) is 0 Å². The van der Waals surface area contributed by atoms with Crippen LogP contribution in [0.1, 0.15) is 24.2 Å². The van der Waals surface area contributed by atoms with E-state index >= 15 is 0 Å². The smallest absolute Gasteiger partial charge is 0.241 e. The van der Waals surface area contributed by atoms with Crippen molar-refractivity contribution in [1.82, 2.24) is 20.4 Å². The van der Waals surface area contributed by atoms with Gasteiger partial charge in [0.15, 0.2) is 0 Å². The van der Waals surface area contributed by atoms with E-state index in [1.165, 1.54) is 0 Å². The molecule has 7 heteroatoms. The van der Waals surface area contributed by atoms with Gasteiger partial charge in [0.25, 0.3) is 0 Å². The van der Waals surface area contributed by atoms with Gasteiger partial charge in [-0.15, -0.1) is 24.8 Å². The molecule has 19 heavy (non-hydrogen) atoms. The molecule has 0 saturated carbocycles. The molecule has 1 fully saturated rings. The third-order valence-corrected chi connectivity index (χ3v) is 3.10. The van der Waals surface area contributed by atoms with Gasteiger partial charge < -0.3 is 10.6 Å². The summed E-state index contributed by atoms with van der Waals surface area (Å²) < 4.78 is 1.76. The number of hydrogen-bond acceptors (Lipinski definition) is 3. The summed E-state index contributed by atoms with van der Waals surface area (Å²) in [5, 5.41) is 10.6. The Morgan fingerprint density at radius 1 is 1.42 bits per heavy atom. The molecule has 1 aliphatic rings. The van der Waals surface area contributed by atoms with Crippen LogP contribution in [-0.2, 0) is 11.3 Å². The van der Waals surface area contributed by atoms with Gasteiger partial charge >= 0.3 is 0 Å². The van der Waals surface area contributed by atoms with E-state index in [9.17, 15) is 4.79 Å². The second kappa shape index (κ2) is 8.40. The molecule has 0 spiro atoms. The second-order valence-electron chi connectivity index (χ2n) is 4.68. The van der Waals surface area contributed by atoms with Gasteiger partial charge in [-0.05, 0) is 45.8 Å². The van der Waals surface area contributed by atoms with Crippen LogP contribution in [-0.4, -0.2) is 34.8 Å². The number of halogens is 2. The third kappa shape index (κ3) is 5.38. The van der Waals surface area contributed by atoms with Crippen molar-refractivity contribution < 1.29 is 4.79 Å². The fourth-order valence-electron chi connectivity index (χ4n) is 2.21. The van der Waals surface area contributed by atoms with Crippen molar-refractivity contribution in [3.63, 3.8) is 0 Å². The van der Waals surface area contributed by atoms with Crippen LogP contribution in [0, 0.1) is 13.8 Å². The molecule has 0 aromatic carbocycles. The lowest BCUT2D eigenvalue weighted by atomic mass is 10.1. The maximum Gasteiger partial charge on any atom is 0.241 e. The molecule has 0 bridgehead atoms. The van der Waals surface area contributed by atoms with Crippen LogP contribution in [0.15, 0.2) is 6.07 Å². The predicted octanol–water partition coefficient (Wildman–Crippen LogP) is 1.21. The van der Waals surface area contributed by atoms with Crippen LogP contribution in [0.4, 0.5) is 0 Å². The van der Waals surface area contributed by atoms with Crippen LogP contribution in [0.25, 0.3) is 0 Å². The lowest BCUT2D eigenvalue weighted by Crippen LogP contribution is -2.43. The summed E-state index contributed by atoms with van der Waals surface area (Å²) in [5.41, 5.74) is 1.99. The largest absolute Gasteiger partial charge is 0.352 e. The number of carbonyl (C=O) groups is 1. The van der Waals surface area contributed by atoms with Gasteiger partial charge in [0.1, 0.15) is 6.54 Å². The minimum atomic E-state index is 0. The Morgan fingerprint density at radius 3 is 2.58 bits per heavy atom.